The van der Waals surface area contributed by atoms with Crippen molar-refractivity contribution in [2.75, 3.05) is 32.7 Å². The van der Waals surface area contributed by atoms with Gasteiger partial charge in [-0.15, -0.1) is 6.58 Å². The van der Waals surface area contributed by atoms with E-state index in [-0.39, 0.29) is 16.9 Å². The molecule has 21 heavy (non-hydrogen) atoms. The highest BCUT2D eigenvalue weighted by Gasteiger charge is 2.51. The monoisotopic (exact) mass is 292 g/mol. The molecular weight excluding hydrogens is 264 g/mol. The zero-order chi connectivity index (χ0) is 15.1. The SMILES string of the molecule is C=CCN1CC[C@@H](O)[C@]2(CCCN(C(=O)C3(C)CC3)C2)C1. The number of rotatable bonds is 3. The van der Waals surface area contributed by atoms with Gasteiger partial charge in [0.2, 0.25) is 5.91 Å². The predicted octanol–water partition coefficient (Wildman–Crippen LogP) is 1.65. The first kappa shape index (κ1) is 15.0. The average Bonchev–Trinajstić information content (AvgIpc) is 3.22. The summed E-state index contributed by atoms with van der Waals surface area (Å²) in [5, 5.41) is 10.6. The molecule has 3 fully saturated rings. The summed E-state index contributed by atoms with van der Waals surface area (Å²) in [7, 11) is 0. The van der Waals surface area contributed by atoms with Gasteiger partial charge in [-0.2, -0.15) is 0 Å². The number of hydrogen-bond acceptors (Lipinski definition) is 3. The van der Waals surface area contributed by atoms with Crippen LogP contribution in [0.15, 0.2) is 12.7 Å². The maximum absolute atomic E-state index is 12.6. The van der Waals surface area contributed by atoms with Gasteiger partial charge in [0.25, 0.3) is 0 Å². The first-order valence-electron chi connectivity index (χ1n) is 8.30. The Balaban J connectivity index is 1.73. The lowest BCUT2D eigenvalue weighted by atomic mass is 9.71. The molecule has 0 aromatic carbocycles. The third-order valence-electron chi connectivity index (χ3n) is 5.76. The number of aliphatic hydroxyl groups is 1. The summed E-state index contributed by atoms with van der Waals surface area (Å²) in [6, 6.07) is 0. The van der Waals surface area contributed by atoms with Gasteiger partial charge >= 0.3 is 0 Å². The number of carbonyl (C=O) groups is 1. The molecule has 4 nitrogen and oxygen atoms in total. The summed E-state index contributed by atoms with van der Waals surface area (Å²) in [6.45, 7) is 10.2. The molecule has 0 unspecified atom stereocenters. The van der Waals surface area contributed by atoms with E-state index in [1.165, 1.54) is 0 Å². The van der Waals surface area contributed by atoms with Crippen molar-refractivity contribution in [2.45, 2.75) is 45.1 Å². The molecule has 0 aromatic heterocycles. The van der Waals surface area contributed by atoms with Crippen LogP contribution in [0.2, 0.25) is 0 Å². The third-order valence-corrected chi connectivity index (χ3v) is 5.76. The number of likely N-dealkylation sites (tertiary alicyclic amines) is 2. The Labute approximate surface area is 127 Å². The van der Waals surface area contributed by atoms with E-state index in [1.807, 2.05) is 11.0 Å². The van der Waals surface area contributed by atoms with Crippen molar-refractivity contribution in [1.82, 2.24) is 9.80 Å². The molecule has 0 aromatic rings. The molecule has 1 saturated carbocycles. The van der Waals surface area contributed by atoms with Crippen molar-refractivity contribution < 1.29 is 9.90 Å². The zero-order valence-electron chi connectivity index (χ0n) is 13.2. The minimum Gasteiger partial charge on any atom is -0.392 e. The van der Waals surface area contributed by atoms with E-state index in [4.69, 9.17) is 0 Å². The molecular formula is C17H28N2O2. The van der Waals surface area contributed by atoms with Crippen molar-refractivity contribution >= 4 is 5.91 Å². The summed E-state index contributed by atoms with van der Waals surface area (Å²) in [5.74, 6) is 0.314. The predicted molar refractivity (Wildman–Crippen MR) is 82.8 cm³/mol. The molecule has 3 rings (SSSR count). The van der Waals surface area contributed by atoms with Gasteiger partial charge < -0.3 is 10.0 Å². The molecule has 2 aliphatic heterocycles. The van der Waals surface area contributed by atoms with E-state index in [0.717, 1.165) is 64.8 Å². The fourth-order valence-electron chi connectivity index (χ4n) is 4.10. The molecule has 1 amide bonds. The van der Waals surface area contributed by atoms with Crippen LogP contribution in [-0.2, 0) is 4.79 Å². The molecule has 1 spiro atoms. The molecule has 3 aliphatic rings. The minimum absolute atomic E-state index is 0.0983. The first-order chi connectivity index (χ1) is 9.99. The van der Waals surface area contributed by atoms with Crippen LogP contribution in [0, 0.1) is 10.8 Å². The lowest BCUT2D eigenvalue weighted by molar-refractivity contribution is -0.146. The van der Waals surface area contributed by atoms with Crippen LogP contribution in [0.5, 0.6) is 0 Å². The van der Waals surface area contributed by atoms with Crippen LogP contribution in [0.25, 0.3) is 0 Å². The smallest absolute Gasteiger partial charge is 0.228 e. The molecule has 2 atom stereocenters. The summed E-state index contributed by atoms with van der Waals surface area (Å²) in [5.41, 5.74) is -0.223. The summed E-state index contributed by atoms with van der Waals surface area (Å²) in [6.07, 6.45) is 6.57. The van der Waals surface area contributed by atoms with Gasteiger partial charge in [-0.25, -0.2) is 0 Å². The normalized spacial score (nSPS) is 35.7. The zero-order valence-corrected chi connectivity index (χ0v) is 13.2. The Morgan fingerprint density at radius 1 is 1.33 bits per heavy atom. The van der Waals surface area contributed by atoms with Gasteiger partial charge in [-0.05, 0) is 32.1 Å². The lowest BCUT2D eigenvalue weighted by Gasteiger charge is -2.51. The van der Waals surface area contributed by atoms with Crippen LogP contribution >= 0.6 is 0 Å². The fourth-order valence-corrected chi connectivity index (χ4v) is 4.10. The van der Waals surface area contributed by atoms with Crippen molar-refractivity contribution in [1.29, 1.82) is 0 Å². The van der Waals surface area contributed by atoms with E-state index in [9.17, 15) is 9.90 Å². The second-order valence-corrected chi connectivity index (χ2v) is 7.58. The van der Waals surface area contributed by atoms with E-state index in [0.29, 0.717) is 5.91 Å². The Bertz CT molecular complexity index is 433. The molecule has 0 bridgehead atoms. The van der Waals surface area contributed by atoms with Crippen LogP contribution < -0.4 is 0 Å². The van der Waals surface area contributed by atoms with Crippen LogP contribution in [0.3, 0.4) is 0 Å². The number of carbonyl (C=O) groups excluding carboxylic acids is 1. The topological polar surface area (TPSA) is 43.8 Å². The largest absolute Gasteiger partial charge is 0.392 e. The highest BCUT2D eigenvalue weighted by Crippen LogP contribution is 2.48. The van der Waals surface area contributed by atoms with Gasteiger partial charge in [0.15, 0.2) is 0 Å². The second-order valence-electron chi connectivity index (χ2n) is 7.58. The standard InChI is InChI=1S/C17H28N2O2/c1-3-9-18-11-5-14(20)17(12-18)6-4-10-19(13-17)15(21)16(2)7-8-16/h3,14,20H,1,4-13H2,2H3/t14-,17-/m1/s1. The van der Waals surface area contributed by atoms with E-state index in [2.05, 4.69) is 18.4 Å². The van der Waals surface area contributed by atoms with Crippen molar-refractivity contribution in [2.24, 2.45) is 10.8 Å². The molecule has 1 N–H and O–H groups in total. The van der Waals surface area contributed by atoms with Gasteiger partial charge in [0.05, 0.1) is 6.10 Å². The summed E-state index contributed by atoms with van der Waals surface area (Å²) >= 11 is 0. The van der Waals surface area contributed by atoms with Crippen LogP contribution in [0.4, 0.5) is 0 Å². The summed E-state index contributed by atoms with van der Waals surface area (Å²) in [4.78, 5) is 17.0. The van der Waals surface area contributed by atoms with Gasteiger partial charge in [0, 0.05) is 43.6 Å². The van der Waals surface area contributed by atoms with Crippen LogP contribution in [-0.4, -0.2) is 59.6 Å². The molecule has 0 radical (unpaired) electrons. The Hall–Kier alpha value is -0.870. The van der Waals surface area contributed by atoms with E-state index < -0.39 is 0 Å². The highest BCUT2D eigenvalue weighted by molar-refractivity contribution is 5.85. The van der Waals surface area contributed by atoms with E-state index >= 15 is 0 Å². The summed E-state index contributed by atoms with van der Waals surface area (Å²) < 4.78 is 0. The third kappa shape index (κ3) is 2.76. The molecule has 118 valence electrons. The quantitative estimate of drug-likeness (QED) is 0.804. The van der Waals surface area contributed by atoms with Crippen LogP contribution in [0.1, 0.15) is 39.0 Å². The van der Waals surface area contributed by atoms with Crippen molar-refractivity contribution in [3.8, 4) is 0 Å². The lowest BCUT2D eigenvalue weighted by Crippen LogP contribution is -2.60. The number of hydrogen-bond donors (Lipinski definition) is 1. The number of amides is 1. The average molecular weight is 292 g/mol. The van der Waals surface area contributed by atoms with Gasteiger partial charge in [0.1, 0.15) is 0 Å². The maximum Gasteiger partial charge on any atom is 0.228 e. The van der Waals surface area contributed by atoms with Gasteiger partial charge in [-0.3, -0.25) is 9.69 Å². The Morgan fingerprint density at radius 2 is 2.10 bits per heavy atom. The maximum atomic E-state index is 12.6. The van der Waals surface area contributed by atoms with Crippen molar-refractivity contribution in [3.05, 3.63) is 12.7 Å². The Kier molecular flexibility index (Phi) is 3.87. The molecule has 4 heteroatoms. The number of piperidine rings is 2. The highest BCUT2D eigenvalue weighted by atomic mass is 16.3. The molecule has 2 saturated heterocycles. The number of nitrogens with zero attached hydrogens (tertiary/aromatic N) is 2. The van der Waals surface area contributed by atoms with Crippen molar-refractivity contribution in [3.63, 3.8) is 0 Å². The second kappa shape index (κ2) is 5.40. The first-order valence-corrected chi connectivity index (χ1v) is 8.30. The minimum atomic E-state index is -0.277. The molecule has 2 heterocycles. The van der Waals surface area contributed by atoms with E-state index in [1.54, 1.807) is 0 Å². The fraction of sp³-hybridized carbons (Fsp3) is 0.824. The Morgan fingerprint density at radius 3 is 2.76 bits per heavy atom. The van der Waals surface area contributed by atoms with Gasteiger partial charge in [-0.1, -0.05) is 13.0 Å². The molecule has 1 aliphatic carbocycles. The number of aliphatic hydroxyl groups excluding tert-OH is 1.